The highest BCUT2D eigenvalue weighted by Gasteiger charge is 2.24. The number of pyridine rings is 1. The first-order valence-corrected chi connectivity index (χ1v) is 13.0. The largest absolute Gasteiger partial charge is 0.508 e. The molecule has 0 aliphatic carbocycles. The zero-order valence-electron chi connectivity index (χ0n) is 22.1. The minimum Gasteiger partial charge on any atom is -0.508 e. The van der Waals surface area contributed by atoms with Gasteiger partial charge in [-0.2, -0.15) is 5.10 Å². The number of Topliss-reactive ketones (excluding diaryl/α,β-unsaturated/α-hetero) is 1. The lowest BCUT2D eigenvalue weighted by Gasteiger charge is -2.23. The van der Waals surface area contributed by atoms with Crippen molar-refractivity contribution in [3.05, 3.63) is 71.6 Å². The standard InChI is InChI=1S/C29H31FN4O5/c1-17(2)28(36)25-13-22(24-12-20(35)7-8-34(24)25)29(37)32-23-11-18(16-39-26-6-4-5-9-38-26)10-21(27(23)30)19-14-31-33(3)15-19/h7-8,10-15,17,26,35H,4-6,9,16H2,1-3H3,(H,32,37). The number of rotatable bonds is 8. The third-order valence-corrected chi connectivity index (χ3v) is 6.75. The van der Waals surface area contributed by atoms with Crippen LogP contribution in [-0.2, 0) is 23.1 Å². The van der Waals surface area contributed by atoms with Gasteiger partial charge in [0.2, 0.25) is 0 Å². The molecule has 0 spiro atoms. The third-order valence-electron chi connectivity index (χ3n) is 6.75. The zero-order chi connectivity index (χ0) is 27.7. The summed E-state index contributed by atoms with van der Waals surface area (Å²) in [5, 5.41) is 16.9. The fourth-order valence-corrected chi connectivity index (χ4v) is 4.70. The number of fused-ring (bicyclic) bond motifs is 1. The van der Waals surface area contributed by atoms with Gasteiger partial charge in [-0.3, -0.25) is 14.3 Å². The number of hydrogen-bond donors (Lipinski definition) is 2. The molecule has 5 rings (SSSR count). The maximum absolute atomic E-state index is 15.8. The van der Waals surface area contributed by atoms with E-state index in [4.69, 9.17) is 9.47 Å². The molecule has 1 aliphatic rings. The number of anilines is 1. The van der Waals surface area contributed by atoms with E-state index >= 15 is 4.39 Å². The maximum Gasteiger partial charge on any atom is 0.257 e. The van der Waals surface area contributed by atoms with Crippen LogP contribution in [0.3, 0.4) is 0 Å². The third kappa shape index (κ3) is 5.57. The first-order chi connectivity index (χ1) is 18.7. The second-order valence-electron chi connectivity index (χ2n) is 10.1. The highest BCUT2D eigenvalue weighted by Crippen LogP contribution is 2.32. The summed E-state index contributed by atoms with van der Waals surface area (Å²) in [7, 11) is 1.74. The van der Waals surface area contributed by atoms with Crippen molar-refractivity contribution in [2.24, 2.45) is 13.0 Å². The molecule has 4 aromatic rings. The predicted octanol–water partition coefficient (Wildman–Crippen LogP) is 5.32. The summed E-state index contributed by atoms with van der Waals surface area (Å²) in [6, 6.07) is 7.52. The van der Waals surface area contributed by atoms with Crippen molar-refractivity contribution in [2.75, 3.05) is 11.9 Å². The molecule has 1 fully saturated rings. The van der Waals surface area contributed by atoms with Gasteiger partial charge in [0.25, 0.3) is 5.91 Å². The lowest BCUT2D eigenvalue weighted by Crippen LogP contribution is -2.22. The Kier molecular flexibility index (Phi) is 7.49. The zero-order valence-corrected chi connectivity index (χ0v) is 22.1. The summed E-state index contributed by atoms with van der Waals surface area (Å²) in [5.41, 5.74) is 2.18. The van der Waals surface area contributed by atoms with Gasteiger partial charge in [0.05, 0.1) is 35.3 Å². The van der Waals surface area contributed by atoms with Gasteiger partial charge < -0.3 is 24.3 Å². The Balaban J connectivity index is 1.51. The summed E-state index contributed by atoms with van der Waals surface area (Å²) in [6.45, 7) is 4.34. The summed E-state index contributed by atoms with van der Waals surface area (Å²) in [5.74, 6) is -1.78. The number of carbonyl (C=O) groups excluding carboxylic acids is 2. The van der Waals surface area contributed by atoms with E-state index in [9.17, 15) is 14.7 Å². The van der Waals surface area contributed by atoms with Crippen LogP contribution in [0.1, 0.15) is 59.5 Å². The number of nitrogens with zero attached hydrogens (tertiary/aromatic N) is 3. The van der Waals surface area contributed by atoms with Crippen LogP contribution in [0.4, 0.5) is 10.1 Å². The SMILES string of the molecule is CC(C)C(=O)c1cc(C(=O)Nc2cc(COC3CCCCO3)cc(-c3cnn(C)c3)c2F)c2cc(O)ccn12. The molecule has 204 valence electrons. The van der Waals surface area contributed by atoms with Crippen molar-refractivity contribution in [3.8, 4) is 16.9 Å². The highest BCUT2D eigenvalue weighted by atomic mass is 19.1. The van der Waals surface area contributed by atoms with Gasteiger partial charge in [0.1, 0.15) is 5.75 Å². The summed E-state index contributed by atoms with van der Waals surface area (Å²) in [6.07, 6.45) is 7.23. The van der Waals surface area contributed by atoms with Gasteiger partial charge in [-0.05, 0) is 49.1 Å². The van der Waals surface area contributed by atoms with Crippen LogP contribution in [0, 0.1) is 11.7 Å². The van der Waals surface area contributed by atoms with Crippen LogP contribution in [0.25, 0.3) is 16.6 Å². The number of ether oxygens (including phenoxy) is 2. The van der Waals surface area contributed by atoms with E-state index in [1.165, 1.54) is 30.5 Å². The molecule has 4 heterocycles. The summed E-state index contributed by atoms with van der Waals surface area (Å²) < 4.78 is 30.5. The van der Waals surface area contributed by atoms with Crippen molar-refractivity contribution >= 4 is 22.9 Å². The number of benzene rings is 1. The Morgan fingerprint density at radius 2 is 2.08 bits per heavy atom. The molecule has 0 radical (unpaired) electrons. The molecule has 9 nitrogen and oxygen atoms in total. The lowest BCUT2D eigenvalue weighted by atomic mass is 10.0. The highest BCUT2D eigenvalue weighted by molar-refractivity contribution is 6.12. The van der Waals surface area contributed by atoms with E-state index in [2.05, 4.69) is 10.4 Å². The number of amides is 1. The van der Waals surface area contributed by atoms with E-state index in [0.29, 0.717) is 28.9 Å². The van der Waals surface area contributed by atoms with Gasteiger partial charge in [-0.1, -0.05) is 13.8 Å². The Bertz CT molecular complexity index is 1530. The van der Waals surface area contributed by atoms with Crippen molar-refractivity contribution in [2.45, 2.75) is 46.0 Å². The van der Waals surface area contributed by atoms with Crippen LogP contribution in [0.5, 0.6) is 5.75 Å². The van der Waals surface area contributed by atoms with Crippen molar-refractivity contribution in [3.63, 3.8) is 0 Å². The molecule has 1 aliphatic heterocycles. The summed E-state index contributed by atoms with van der Waals surface area (Å²) >= 11 is 0. The van der Waals surface area contributed by atoms with Crippen LogP contribution in [-0.4, -0.2) is 43.9 Å². The molecule has 10 heteroatoms. The van der Waals surface area contributed by atoms with Crippen LogP contribution < -0.4 is 5.32 Å². The molecule has 1 aromatic carbocycles. The van der Waals surface area contributed by atoms with E-state index in [-0.39, 0.29) is 47.2 Å². The molecule has 3 aromatic heterocycles. The molecule has 1 atom stereocenters. The van der Waals surface area contributed by atoms with E-state index in [0.717, 1.165) is 19.3 Å². The van der Waals surface area contributed by atoms with Crippen molar-refractivity contribution in [1.82, 2.24) is 14.2 Å². The van der Waals surface area contributed by atoms with Crippen molar-refractivity contribution < 1.29 is 28.6 Å². The van der Waals surface area contributed by atoms with Gasteiger partial charge in [-0.25, -0.2) is 4.39 Å². The smallest absolute Gasteiger partial charge is 0.257 e. The molecule has 39 heavy (non-hydrogen) atoms. The summed E-state index contributed by atoms with van der Waals surface area (Å²) in [4.78, 5) is 26.3. The Labute approximate surface area is 225 Å². The normalized spacial score (nSPS) is 15.7. The average Bonchev–Trinajstić information content (AvgIpc) is 3.52. The van der Waals surface area contributed by atoms with Gasteiger partial charge in [-0.15, -0.1) is 0 Å². The van der Waals surface area contributed by atoms with Crippen molar-refractivity contribution in [1.29, 1.82) is 0 Å². The first kappa shape index (κ1) is 26.6. The van der Waals surface area contributed by atoms with Crippen LogP contribution in [0.15, 0.2) is 48.9 Å². The monoisotopic (exact) mass is 534 g/mol. The molecule has 1 unspecified atom stereocenters. The molecule has 1 amide bonds. The predicted molar refractivity (Wildman–Crippen MR) is 143 cm³/mol. The minimum absolute atomic E-state index is 0.0410. The lowest BCUT2D eigenvalue weighted by molar-refractivity contribution is -0.168. The Morgan fingerprint density at radius 1 is 1.26 bits per heavy atom. The fourth-order valence-electron chi connectivity index (χ4n) is 4.70. The topological polar surface area (TPSA) is 107 Å². The molecule has 2 N–H and O–H groups in total. The van der Waals surface area contributed by atoms with Gasteiger partial charge >= 0.3 is 0 Å². The number of carbonyl (C=O) groups is 2. The molecule has 0 saturated carbocycles. The molecule has 0 bridgehead atoms. The Morgan fingerprint density at radius 3 is 2.77 bits per heavy atom. The second-order valence-corrected chi connectivity index (χ2v) is 10.1. The second kappa shape index (κ2) is 11.0. The minimum atomic E-state index is -0.626. The first-order valence-electron chi connectivity index (χ1n) is 13.0. The van der Waals surface area contributed by atoms with Gasteiger partial charge in [0, 0.05) is 49.2 Å². The number of aryl methyl sites for hydroxylation is 1. The van der Waals surface area contributed by atoms with Crippen LogP contribution in [0.2, 0.25) is 0 Å². The molecular formula is C29H31FN4O5. The number of aromatic nitrogens is 3. The number of aromatic hydroxyl groups is 1. The molecule has 1 saturated heterocycles. The number of hydrogen-bond acceptors (Lipinski definition) is 6. The number of halogens is 1. The van der Waals surface area contributed by atoms with E-state index in [1.54, 1.807) is 48.4 Å². The average molecular weight is 535 g/mol. The fraction of sp³-hybridized carbons (Fsp3) is 0.345. The molecular weight excluding hydrogens is 503 g/mol. The van der Waals surface area contributed by atoms with E-state index in [1.807, 2.05) is 0 Å². The Hall–Kier alpha value is -4.02. The van der Waals surface area contributed by atoms with Crippen LogP contribution >= 0.6 is 0 Å². The number of nitrogens with one attached hydrogen (secondary N) is 1. The quantitative estimate of drug-likeness (QED) is 0.297. The maximum atomic E-state index is 15.8. The number of ketones is 1. The van der Waals surface area contributed by atoms with E-state index < -0.39 is 11.7 Å². The van der Waals surface area contributed by atoms with Gasteiger partial charge in [0.15, 0.2) is 17.9 Å².